The van der Waals surface area contributed by atoms with Crippen LogP contribution >= 0.6 is 0 Å². The van der Waals surface area contributed by atoms with E-state index in [2.05, 4.69) is 22.3 Å². The van der Waals surface area contributed by atoms with Gasteiger partial charge in [-0.25, -0.2) is 8.42 Å². The number of sulfonamides is 1. The number of amides is 1. The van der Waals surface area contributed by atoms with Gasteiger partial charge < -0.3 is 10.2 Å². The summed E-state index contributed by atoms with van der Waals surface area (Å²) in [5.74, 6) is -0.355. The maximum absolute atomic E-state index is 13.6. The van der Waals surface area contributed by atoms with E-state index in [-0.39, 0.29) is 17.3 Å². The number of carbonyl (C=O) groups is 1. The van der Waals surface area contributed by atoms with Crippen molar-refractivity contribution in [3.8, 4) is 0 Å². The third-order valence-electron chi connectivity index (χ3n) is 6.68. The molecular weight excluding hydrogens is 470 g/mol. The molecule has 0 aromatic heterocycles. The summed E-state index contributed by atoms with van der Waals surface area (Å²) in [6, 6.07) is 20.6. The maximum Gasteiger partial charge on any atom is 0.264 e. The summed E-state index contributed by atoms with van der Waals surface area (Å²) in [6.45, 7) is 7.88. The number of aryl methyl sites for hydroxylation is 3. The van der Waals surface area contributed by atoms with Crippen molar-refractivity contribution < 1.29 is 13.2 Å². The number of carbonyl (C=O) groups excluding carboxylic acids is 1. The van der Waals surface area contributed by atoms with Gasteiger partial charge in [-0.3, -0.25) is 9.10 Å². The molecule has 1 amide bonds. The third-order valence-corrected chi connectivity index (χ3v) is 8.45. The van der Waals surface area contributed by atoms with E-state index in [1.165, 1.54) is 29.3 Å². The van der Waals surface area contributed by atoms with Crippen molar-refractivity contribution >= 4 is 27.3 Å². The molecule has 0 bridgehead atoms. The lowest BCUT2D eigenvalue weighted by Crippen LogP contribution is -2.41. The van der Waals surface area contributed by atoms with E-state index >= 15 is 0 Å². The summed E-state index contributed by atoms with van der Waals surface area (Å²) in [5.41, 5.74) is 5.37. The molecule has 3 aromatic carbocycles. The second-order valence-electron chi connectivity index (χ2n) is 9.61. The Morgan fingerprint density at radius 1 is 0.861 bits per heavy atom. The van der Waals surface area contributed by atoms with Gasteiger partial charge in [-0.1, -0.05) is 42.0 Å². The lowest BCUT2D eigenvalue weighted by Gasteiger charge is -2.29. The second kappa shape index (κ2) is 11.2. The number of hydrogen-bond donors (Lipinski definition) is 1. The fourth-order valence-corrected chi connectivity index (χ4v) is 5.97. The minimum atomic E-state index is -3.94. The average Bonchev–Trinajstić information content (AvgIpc) is 2.88. The fraction of sp³-hybridized carbons (Fsp3) is 0.345. The molecule has 36 heavy (non-hydrogen) atoms. The molecule has 1 fully saturated rings. The fourth-order valence-electron chi connectivity index (χ4n) is 4.49. The van der Waals surface area contributed by atoms with Crippen LogP contribution in [0.3, 0.4) is 0 Å². The number of anilines is 2. The minimum absolute atomic E-state index is 0.162. The van der Waals surface area contributed by atoms with E-state index in [4.69, 9.17) is 0 Å². The number of hydrogen-bond acceptors (Lipinski definition) is 4. The molecule has 3 aromatic rings. The quantitative estimate of drug-likeness (QED) is 0.462. The molecule has 0 atom stereocenters. The summed E-state index contributed by atoms with van der Waals surface area (Å²) in [5, 5.41) is 2.91. The molecule has 7 heteroatoms. The molecule has 1 N–H and O–H groups in total. The number of nitrogens with one attached hydrogen (secondary N) is 1. The smallest absolute Gasteiger partial charge is 0.264 e. The first-order valence-electron chi connectivity index (χ1n) is 12.5. The molecule has 6 nitrogen and oxygen atoms in total. The van der Waals surface area contributed by atoms with Crippen LogP contribution in [-0.4, -0.2) is 34.0 Å². The predicted molar refractivity (Wildman–Crippen MR) is 146 cm³/mol. The molecule has 1 aliphatic heterocycles. The van der Waals surface area contributed by atoms with Crippen molar-refractivity contribution in [2.24, 2.45) is 0 Å². The molecule has 4 rings (SSSR count). The number of piperidine rings is 1. The standard InChI is InChI=1S/C29H35N3O3S/c1-22-8-15-27(16-9-22)36(34,35)32(28-19-23(2)7-10-24(28)3)21-29(33)30-20-25-11-13-26(14-12-25)31-17-5-4-6-18-31/h7-16,19H,4-6,17-18,20-21H2,1-3H3,(H,30,33). The van der Waals surface area contributed by atoms with Crippen LogP contribution in [0.4, 0.5) is 11.4 Å². The normalized spacial score (nSPS) is 13.9. The molecule has 190 valence electrons. The van der Waals surface area contributed by atoms with Crippen LogP contribution in [-0.2, 0) is 21.4 Å². The van der Waals surface area contributed by atoms with Crippen LogP contribution in [0.1, 0.15) is 41.5 Å². The summed E-state index contributed by atoms with van der Waals surface area (Å²) in [4.78, 5) is 15.6. The van der Waals surface area contributed by atoms with Crippen molar-refractivity contribution in [1.29, 1.82) is 0 Å². The molecule has 0 unspecified atom stereocenters. The van der Waals surface area contributed by atoms with Crippen LogP contribution < -0.4 is 14.5 Å². The average molecular weight is 506 g/mol. The van der Waals surface area contributed by atoms with Gasteiger partial charge in [0.25, 0.3) is 10.0 Å². The molecule has 0 aliphatic carbocycles. The highest BCUT2D eigenvalue weighted by molar-refractivity contribution is 7.92. The Labute approximate surface area is 215 Å². The Morgan fingerprint density at radius 3 is 2.17 bits per heavy atom. The largest absolute Gasteiger partial charge is 0.372 e. The van der Waals surface area contributed by atoms with Crippen LogP contribution in [0.25, 0.3) is 0 Å². The van der Waals surface area contributed by atoms with Gasteiger partial charge in [0.15, 0.2) is 0 Å². The van der Waals surface area contributed by atoms with Gasteiger partial charge >= 0.3 is 0 Å². The number of nitrogens with zero attached hydrogens (tertiary/aromatic N) is 2. The predicted octanol–water partition coefficient (Wildman–Crippen LogP) is 5.11. The lowest BCUT2D eigenvalue weighted by atomic mass is 10.1. The van der Waals surface area contributed by atoms with Gasteiger partial charge in [0.1, 0.15) is 6.54 Å². The van der Waals surface area contributed by atoms with E-state index < -0.39 is 10.0 Å². The minimum Gasteiger partial charge on any atom is -0.372 e. The highest BCUT2D eigenvalue weighted by atomic mass is 32.2. The van der Waals surface area contributed by atoms with Gasteiger partial charge in [-0.2, -0.15) is 0 Å². The van der Waals surface area contributed by atoms with E-state index in [9.17, 15) is 13.2 Å². The van der Waals surface area contributed by atoms with Crippen LogP contribution in [0.2, 0.25) is 0 Å². The Hall–Kier alpha value is -3.32. The Bertz CT molecular complexity index is 1300. The van der Waals surface area contributed by atoms with Crippen LogP contribution in [0, 0.1) is 20.8 Å². The SMILES string of the molecule is Cc1ccc(S(=O)(=O)N(CC(=O)NCc2ccc(N3CCCCC3)cc2)c2cc(C)ccc2C)cc1. The van der Waals surface area contributed by atoms with E-state index in [1.807, 2.05) is 51.1 Å². The highest BCUT2D eigenvalue weighted by Crippen LogP contribution is 2.28. The van der Waals surface area contributed by atoms with Crippen LogP contribution in [0.5, 0.6) is 0 Å². The lowest BCUT2D eigenvalue weighted by molar-refractivity contribution is -0.119. The van der Waals surface area contributed by atoms with Crippen molar-refractivity contribution in [2.75, 3.05) is 28.8 Å². The van der Waals surface area contributed by atoms with Crippen molar-refractivity contribution in [3.05, 3.63) is 89.0 Å². The zero-order chi connectivity index (χ0) is 25.7. The zero-order valence-corrected chi connectivity index (χ0v) is 22.1. The van der Waals surface area contributed by atoms with E-state index in [0.717, 1.165) is 35.3 Å². The zero-order valence-electron chi connectivity index (χ0n) is 21.3. The van der Waals surface area contributed by atoms with Gasteiger partial charge in [0, 0.05) is 25.3 Å². The monoisotopic (exact) mass is 505 g/mol. The maximum atomic E-state index is 13.6. The summed E-state index contributed by atoms with van der Waals surface area (Å²) in [7, 11) is -3.94. The summed E-state index contributed by atoms with van der Waals surface area (Å²) >= 11 is 0. The molecule has 1 heterocycles. The van der Waals surface area contributed by atoms with Crippen molar-refractivity contribution in [2.45, 2.75) is 51.5 Å². The summed E-state index contributed by atoms with van der Waals surface area (Å²) < 4.78 is 28.5. The van der Waals surface area contributed by atoms with Crippen molar-refractivity contribution in [1.82, 2.24) is 5.32 Å². The Kier molecular flexibility index (Phi) is 7.99. The molecule has 1 aliphatic rings. The van der Waals surface area contributed by atoms with Gasteiger partial charge in [-0.05, 0) is 87.1 Å². The van der Waals surface area contributed by atoms with E-state index in [1.54, 1.807) is 24.3 Å². The molecule has 1 saturated heterocycles. The molecular formula is C29H35N3O3S. The number of benzene rings is 3. The molecule has 0 radical (unpaired) electrons. The van der Waals surface area contributed by atoms with Gasteiger partial charge in [-0.15, -0.1) is 0 Å². The second-order valence-corrected chi connectivity index (χ2v) is 11.5. The highest BCUT2D eigenvalue weighted by Gasteiger charge is 2.28. The van der Waals surface area contributed by atoms with Gasteiger partial charge in [0.2, 0.25) is 5.91 Å². The first-order chi connectivity index (χ1) is 17.2. The Balaban J connectivity index is 1.50. The molecule has 0 saturated carbocycles. The van der Waals surface area contributed by atoms with E-state index in [0.29, 0.717) is 12.2 Å². The van der Waals surface area contributed by atoms with Crippen LogP contribution in [0.15, 0.2) is 71.6 Å². The first-order valence-corrected chi connectivity index (χ1v) is 14.0. The Morgan fingerprint density at radius 2 is 1.50 bits per heavy atom. The van der Waals surface area contributed by atoms with Crippen molar-refractivity contribution in [3.63, 3.8) is 0 Å². The topological polar surface area (TPSA) is 69.7 Å². The molecule has 0 spiro atoms. The summed E-state index contributed by atoms with van der Waals surface area (Å²) in [6.07, 6.45) is 3.74. The third kappa shape index (κ3) is 6.08. The number of rotatable bonds is 8. The first kappa shape index (κ1) is 25.8. The van der Waals surface area contributed by atoms with Gasteiger partial charge in [0.05, 0.1) is 10.6 Å².